The second-order valence-electron chi connectivity index (χ2n) is 6.00. The number of carbonyl (C=O) groups excluding carboxylic acids is 1. The van der Waals surface area contributed by atoms with E-state index in [4.69, 9.17) is 4.42 Å². The van der Waals surface area contributed by atoms with Crippen LogP contribution in [0.2, 0.25) is 0 Å². The average Bonchev–Trinajstić information content (AvgIpc) is 3.17. The van der Waals surface area contributed by atoms with Gasteiger partial charge in [0.15, 0.2) is 5.69 Å². The normalized spacial score (nSPS) is 13.9. The quantitative estimate of drug-likeness (QED) is 0.724. The molecule has 0 radical (unpaired) electrons. The zero-order valence-electron chi connectivity index (χ0n) is 13.4. The summed E-state index contributed by atoms with van der Waals surface area (Å²) in [5, 5.41) is 8.82. The van der Waals surface area contributed by atoms with Crippen LogP contribution >= 0.6 is 0 Å². The molecule has 0 aliphatic heterocycles. The first-order chi connectivity index (χ1) is 11.7. The lowest BCUT2D eigenvalue weighted by molar-refractivity contribution is 0.0710. The van der Waals surface area contributed by atoms with Crippen molar-refractivity contribution in [2.24, 2.45) is 0 Å². The molecule has 122 valence electrons. The van der Waals surface area contributed by atoms with Gasteiger partial charge in [0.2, 0.25) is 0 Å². The van der Waals surface area contributed by atoms with Crippen LogP contribution in [0.25, 0.3) is 5.69 Å². The molecule has 1 aliphatic carbocycles. The highest BCUT2D eigenvalue weighted by Crippen LogP contribution is 2.30. The summed E-state index contributed by atoms with van der Waals surface area (Å²) in [4.78, 5) is 16.3. The fourth-order valence-electron chi connectivity index (χ4n) is 2.71. The first-order valence-electron chi connectivity index (χ1n) is 8.05. The summed E-state index contributed by atoms with van der Waals surface area (Å²) >= 11 is 0. The number of hydrogen-bond donors (Lipinski definition) is 0. The van der Waals surface area contributed by atoms with Crippen LogP contribution in [-0.4, -0.2) is 31.8 Å². The van der Waals surface area contributed by atoms with Gasteiger partial charge in [0.1, 0.15) is 5.76 Å². The Kier molecular flexibility index (Phi) is 3.65. The maximum Gasteiger partial charge on any atom is 0.277 e. The van der Waals surface area contributed by atoms with Crippen LogP contribution in [-0.2, 0) is 6.54 Å². The van der Waals surface area contributed by atoms with Gasteiger partial charge in [-0.25, -0.2) is 0 Å². The molecule has 2 heterocycles. The van der Waals surface area contributed by atoms with E-state index >= 15 is 0 Å². The molecule has 0 saturated heterocycles. The largest absolute Gasteiger partial charge is 0.467 e. The Bertz CT molecular complexity index is 835. The van der Waals surface area contributed by atoms with Gasteiger partial charge in [-0.15, -0.1) is 5.10 Å². The van der Waals surface area contributed by atoms with Crippen molar-refractivity contribution in [3.63, 3.8) is 0 Å². The van der Waals surface area contributed by atoms with Crippen molar-refractivity contribution in [1.29, 1.82) is 0 Å². The number of rotatable bonds is 5. The third kappa shape index (κ3) is 2.82. The maximum absolute atomic E-state index is 13.0. The summed E-state index contributed by atoms with van der Waals surface area (Å²) in [6.45, 7) is 2.28. The number of benzene rings is 1. The Hall–Kier alpha value is -2.89. The molecule has 3 aromatic rings. The number of carbonyl (C=O) groups is 1. The highest BCUT2D eigenvalue weighted by molar-refractivity contribution is 5.93. The van der Waals surface area contributed by atoms with Crippen LogP contribution in [0, 0.1) is 6.92 Å². The van der Waals surface area contributed by atoms with E-state index in [-0.39, 0.29) is 11.9 Å². The lowest BCUT2D eigenvalue weighted by Crippen LogP contribution is -2.33. The number of amides is 1. The summed E-state index contributed by atoms with van der Waals surface area (Å²) in [6.07, 6.45) is 3.68. The van der Waals surface area contributed by atoms with Gasteiger partial charge in [-0.3, -0.25) is 4.79 Å². The standard InChI is InChI=1S/C18H18N4O2/c1-13-17(20-22(19-13)15-6-3-2-4-7-15)18(23)21(14-9-10-14)12-16-8-5-11-24-16/h2-8,11,14H,9-10,12H2,1H3. The van der Waals surface area contributed by atoms with Gasteiger partial charge >= 0.3 is 0 Å². The van der Waals surface area contributed by atoms with Crippen molar-refractivity contribution >= 4 is 5.91 Å². The fourth-order valence-corrected chi connectivity index (χ4v) is 2.71. The number of nitrogens with zero attached hydrogens (tertiary/aromatic N) is 4. The van der Waals surface area contributed by atoms with Gasteiger partial charge in [-0.2, -0.15) is 9.90 Å². The fraction of sp³-hybridized carbons (Fsp3) is 0.278. The number of para-hydroxylation sites is 1. The Morgan fingerprint density at radius 3 is 2.67 bits per heavy atom. The first-order valence-corrected chi connectivity index (χ1v) is 8.05. The van der Waals surface area contributed by atoms with Crippen LogP contribution in [0.3, 0.4) is 0 Å². The summed E-state index contributed by atoms with van der Waals surface area (Å²) < 4.78 is 5.40. The summed E-state index contributed by atoms with van der Waals surface area (Å²) in [7, 11) is 0. The zero-order chi connectivity index (χ0) is 16.5. The molecule has 0 unspecified atom stereocenters. The predicted molar refractivity (Wildman–Crippen MR) is 87.7 cm³/mol. The van der Waals surface area contributed by atoms with Gasteiger partial charge in [0.25, 0.3) is 5.91 Å². The molecule has 1 aliphatic rings. The van der Waals surface area contributed by atoms with Gasteiger partial charge in [-0.1, -0.05) is 18.2 Å². The summed E-state index contributed by atoms with van der Waals surface area (Å²) in [5.41, 5.74) is 1.87. The molecule has 24 heavy (non-hydrogen) atoms. The monoisotopic (exact) mass is 322 g/mol. The molecule has 0 spiro atoms. The molecular weight excluding hydrogens is 304 g/mol. The van der Waals surface area contributed by atoms with E-state index in [1.807, 2.05) is 54.3 Å². The van der Waals surface area contributed by atoms with Crippen molar-refractivity contribution in [3.05, 3.63) is 65.9 Å². The number of aromatic nitrogens is 3. The van der Waals surface area contributed by atoms with Crippen molar-refractivity contribution < 1.29 is 9.21 Å². The molecule has 0 atom stereocenters. The molecule has 1 amide bonds. The Morgan fingerprint density at radius 2 is 2.00 bits per heavy atom. The Balaban J connectivity index is 1.62. The molecular formula is C18H18N4O2. The molecule has 6 heteroatoms. The van der Waals surface area contributed by atoms with E-state index < -0.39 is 0 Å². The van der Waals surface area contributed by atoms with Crippen LogP contribution in [0.1, 0.15) is 34.8 Å². The molecule has 1 aromatic carbocycles. The molecule has 0 N–H and O–H groups in total. The van der Waals surface area contributed by atoms with E-state index in [0.29, 0.717) is 17.9 Å². The van der Waals surface area contributed by atoms with Gasteiger partial charge in [-0.05, 0) is 44.0 Å². The smallest absolute Gasteiger partial charge is 0.277 e. The van der Waals surface area contributed by atoms with Gasteiger partial charge < -0.3 is 9.32 Å². The van der Waals surface area contributed by atoms with E-state index in [1.165, 1.54) is 4.80 Å². The molecule has 1 saturated carbocycles. The zero-order valence-corrected chi connectivity index (χ0v) is 13.4. The van der Waals surface area contributed by atoms with Gasteiger partial charge in [0.05, 0.1) is 24.2 Å². The van der Waals surface area contributed by atoms with E-state index in [2.05, 4.69) is 10.2 Å². The summed E-state index contributed by atoms with van der Waals surface area (Å²) in [5.74, 6) is 0.692. The van der Waals surface area contributed by atoms with E-state index in [0.717, 1.165) is 24.3 Å². The minimum Gasteiger partial charge on any atom is -0.467 e. The van der Waals surface area contributed by atoms with Gasteiger partial charge in [0, 0.05) is 6.04 Å². The topological polar surface area (TPSA) is 64.2 Å². The third-order valence-corrected chi connectivity index (χ3v) is 4.13. The van der Waals surface area contributed by atoms with Crippen LogP contribution in [0.4, 0.5) is 0 Å². The van der Waals surface area contributed by atoms with E-state index in [9.17, 15) is 4.79 Å². The Morgan fingerprint density at radius 1 is 1.21 bits per heavy atom. The average molecular weight is 322 g/mol. The van der Waals surface area contributed by atoms with Crippen molar-refractivity contribution in [2.75, 3.05) is 0 Å². The SMILES string of the molecule is Cc1nn(-c2ccccc2)nc1C(=O)N(Cc1ccco1)C1CC1. The van der Waals surface area contributed by atoms with Crippen LogP contribution in [0.15, 0.2) is 53.1 Å². The lowest BCUT2D eigenvalue weighted by atomic mass is 10.3. The third-order valence-electron chi connectivity index (χ3n) is 4.13. The second-order valence-corrected chi connectivity index (χ2v) is 6.00. The number of hydrogen-bond acceptors (Lipinski definition) is 4. The highest BCUT2D eigenvalue weighted by Gasteiger charge is 2.35. The van der Waals surface area contributed by atoms with Crippen molar-refractivity contribution in [2.45, 2.75) is 32.4 Å². The molecule has 1 fully saturated rings. The van der Waals surface area contributed by atoms with Crippen LogP contribution in [0.5, 0.6) is 0 Å². The van der Waals surface area contributed by atoms with Crippen molar-refractivity contribution in [3.8, 4) is 5.69 Å². The minimum absolute atomic E-state index is 0.0893. The van der Waals surface area contributed by atoms with Crippen LogP contribution < -0.4 is 0 Å². The molecule has 0 bridgehead atoms. The minimum atomic E-state index is -0.0893. The predicted octanol–water partition coefficient (Wildman–Crippen LogP) is 2.97. The second kappa shape index (κ2) is 5.96. The molecule has 6 nitrogen and oxygen atoms in total. The molecule has 4 rings (SSSR count). The number of aryl methyl sites for hydroxylation is 1. The highest BCUT2D eigenvalue weighted by atomic mass is 16.3. The first kappa shape index (κ1) is 14.7. The molecule has 2 aromatic heterocycles. The number of furan rings is 1. The van der Waals surface area contributed by atoms with Crippen molar-refractivity contribution in [1.82, 2.24) is 19.9 Å². The summed E-state index contributed by atoms with van der Waals surface area (Å²) in [6, 6.07) is 13.6. The lowest BCUT2D eigenvalue weighted by Gasteiger charge is -2.20. The maximum atomic E-state index is 13.0. The Labute approximate surface area is 139 Å². The van der Waals surface area contributed by atoms with E-state index in [1.54, 1.807) is 6.26 Å².